The second-order valence-electron chi connectivity index (χ2n) is 10.4. The monoisotopic (exact) mass is 460 g/mol. The van der Waals surface area contributed by atoms with Crippen molar-refractivity contribution in [3.63, 3.8) is 0 Å². The zero-order valence-corrected chi connectivity index (χ0v) is 20.8. The van der Waals surface area contributed by atoms with Crippen LogP contribution in [-0.2, 0) is 11.8 Å². The summed E-state index contributed by atoms with van der Waals surface area (Å²) in [5.74, 6) is 0. The lowest BCUT2D eigenvalue weighted by atomic mass is 9.67. The molecule has 0 radical (unpaired) electrons. The Morgan fingerprint density at radius 1 is 0.528 bits per heavy atom. The fourth-order valence-electron chi connectivity index (χ4n) is 6.54. The molecule has 2 aliphatic rings. The van der Waals surface area contributed by atoms with E-state index in [1.165, 1.54) is 66.8 Å². The highest BCUT2D eigenvalue weighted by atomic mass is 14.5. The highest BCUT2D eigenvalue weighted by molar-refractivity contribution is 5.91. The Balaban J connectivity index is 1.60. The van der Waals surface area contributed by atoms with Crippen LogP contribution in [-0.4, -0.2) is 0 Å². The van der Waals surface area contributed by atoms with Gasteiger partial charge in [0.05, 0.1) is 5.41 Å². The lowest BCUT2D eigenvalue weighted by molar-refractivity contribution is 0.631. The van der Waals surface area contributed by atoms with E-state index >= 15 is 0 Å². The van der Waals surface area contributed by atoms with Crippen molar-refractivity contribution in [1.82, 2.24) is 0 Å². The van der Waals surface area contributed by atoms with Gasteiger partial charge in [-0.15, -0.1) is 0 Å². The Labute approximate surface area is 213 Å². The number of benzene rings is 5. The molecule has 0 fully saturated rings. The van der Waals surface area contributed by atoms with Crippen molar-refractivity contribution < 1.29 is 0 Å². The third-order valence-electron chi connectivity index (χ3n) is 8.30. The highest BCUT2D eigenvalue weighted by Crippen LogP contribution is 2.58. The Morgan fingerprint density at radius 2 is 1.14 bits per heavy atom. The van der Waals surface area contributed by atoms with E-state index < -0.39 is 0 Å². The summed E-state index contributed by atoms with van der Waals surface area (Å²) >= 11 is 0. The van der Waals surface area contributed by atoms with E-state index in [-0.39, 0.29) is 5.41 Å². The number of aryl methyl sites for hydroxylation is 2. The molecule has 0 amide bonds. The molecule has 172 valence electrons. The van der Waals surface area contributed by atoms with Crippen LogP contribution in [0.25, 0.3) is 27.8 Å². The zero-order chi connectivity index (χ0) is 24.4. The first-order chi connectivity index (χ1) is 17.6. The molecule has 0 N–H and O–H groups in total. The molecule has 5 aromatic carbocycles. The van der Waals surface area contributed by atoms with Gasteiger partial charge in [-0.3, -0.25) is 0 Å². The molecular weight excluding hydrogens is 432 g/mol. The minimum atomic E-state index is -0.274. The van der Waals surface area contributed by atoms with Gasteiger partial charge >= 0.3 is 0 Å². The molecule has 1 atom stereocenters. The van der Waals surface area contributed by atoms with Gasteiger partial charge in [0.2, 0.25) is 0 Å². The van der Waals surface area contributed by atoms with Gasteiger partial charge in [0, 0.05) is 0 Å². The van der Waals surface area contributed by atoms with Crippen molar-refractivity contribution in [3.05, 3.63) is 160 Å². The van der Waals surface area contributed by atoms with Crippen molar-refractivity contribution >= 4 is 5.57 Å². The van der Waals surface area contributed by atoms with Gasteiger partial charge in [0.1, 0.15) is 0 Å². The number of hydrogen-bond acceptors (Lipinski definition) is 0. The molecule has 0 heterocycles. The van der Waals surface area contributed by atoms with E-state index in [4.69, 9.17) is 0 Å². The third-order valence-corrected chi connectivity index (χ3v) is 8.30. The summed E-state index contributed by atoms with van der Waals surface area (Å²) in [4.78, 5) is 0. The summed E-state index contributed by atoms with van der Waals surface area (Å²) in [6.45, 7) is 8.98. The molecule has 0 nitrogen and oxygen atoms in total. The maximum absolute atomic E-state index is 4.63. The Bertz CT molecular complexity index is 1680. The van der Waals surface area contributed by atoms with Gasteiger partial charge < -0.3 is 0 Å². The Morgan fingerprint density at radius 3 is 1.97 bits per heavy atom. The van der Waals surface area contributed by atoms with Crippen molar-refractivity contribution in [2.75, 3.05) is 0 Å². The quantitative estimate of drug-likeness (QED) is 0.234. The fraction of sp³-hybridized carbons (Fsp3) is 0.111. The summed E-state index contributed by atoms with van der Waals surface area (Å²) in [5, 5.41) is 0. The second-order valence-corrected chi connectivity index (χ2v) is 10.4. The van der Waals surface area contributed by atoms with Crippen LogP contribution in [0.2, 0.25) is 0 Å². The van der Waals surface area contributed by atoms with E-state index in [9.17, 15) is 0 Å². The van der Waals surface area contributed by atoms with Gasteiger partial charge in [-0.1, -0.05) is 121 Å². The molecular formula is C36H28. The molecule has 0 aromatic heterocycles. The molecule has 1 unspecified atom stereocenters. The van der Waals surface area contributed by atoms with Crippen molar-refractivity contribution in [2.24, 2.45) is 0 Å². The molecule has 36 heavy (non-hydrogen) atoms. The van der Waals surface area contributed by atoms with Gasteiger partial charge in [-0.2, -0.15) is 0 Å². The standard InChI is InChI=1S/C36H28/c1-23-12-15-26(16-13-23)27-17-19-32-31-10-6-7-11-33(31)36(35(32)21-27)22-28-8-4-5-9-29(28)25(3)30-18-14-24(2)20-34(30)36/h4-21H,3,22H2,1-2H3. The van der Waals surface area contributed by atoms with Crippen molar-refractivity contribution in [1.29, 1.82) is 0 Å². The van der Waals surface area contributed by atoms with Crippen molar-refractivity contribution in [3.8, 4) is 22.3 Å². The van der Waals surface area contributed by atoms with Crippen molar-refractivity contribution in [2.45, 2.75) is 25.7 Å². The summed E-state index contributed by atoms with van der Waals surface area (Å²) in [5.41, 5.74) is 16.7. The van der Waals surface area contributed by atoms with Gasteiger partial charge in [0.25, 0.3) is 0 Å². The average molecular weight is 461 g/mol. The van der Waals surface area contributed by atoms with Crippen LogP contribution in [0.5, 0.6) is 0 Å². The molecule has 1 spiro atoms. The topological polar surface area (TPSA) is 0 Å². The minimum absolute atomic E-state index is 0.274. The molecule has 0 heteroatoms. The first kappa shape index (κ1) is 21.1. The predicted octanol–water partition coefficient (Wildman–Crippen LogP) is 8.90. The zero-order valence-electron chi connectivity index (χ0n) is 20.8. The molecule has 0 bridgehead atoms. The smallest absolute Gasteiger partial charge is 0.0510 e. The van der Waals surface area contributed by atoms with Crippen LogP contribution in [0.4, 0.5) is 0 Å². The maximum Gasteiger partial charge on any atom is 0.0510 e. The second kappa shape index (κ2) is 7.67. The molecule has 0 aliphatic heterocycles. The fourth-order valence-corrected chi connectivity index (χ4v) is 6.54. The van der Waals surface area contributed by atoms with Crippen LogP contribution >= 0.6 is 0 Å². The van der Waals surface area contributed by atoms with Crippen LogP contribution < -0.4 is 0 Å². The predicted molar refractivity (Wildman–Crippen MR) is 151 cm³/mol. The van der Waals surface area contributed by atoms with Crippen LogP contribution in [0, 0.1) is 13.8 Å². The van der Waals surface area contributed by atoms with Gasteiger partial charge in [0.15, 0.2) is 0 Å². The van der Waals surface area contributed by atoms with Crippen LogP contribution in [0.3, 0.4) is 0 Å². The van der Waals surface area contributed by atoms with E-state index in [1.54, 1.807) is 0 Å². The average Bonchev–Trinajstić information content (AvgIpc) is 3.13. The van der Waals surface area contributed by atoms with Gasteiger partial charge in [-0.05, 0) is 87.5 Å². The van der Waals surface area contributed by atoms with E-state index in [0.29, 0.717) is 0 Å². The molecule has 7 rings (SSSR count). The first-order valence-corrected chi connectivity index (χ1v) is 12.8. The normalized spacial score (nSPS) is 17.2. The first-order valence-electron chi connectivity index (χ1n) is 12.8. The maximum atomic E-state index is 4.63. The highest BCUT2D eigenvalue weighted by Gasteiger charge is 2.47. The van der Waals surface area contributed by atoms with E-state index in [2.05, 4.69) is 130 Å². The summed E-state index contributed by atoms with van der Waals surface area (Å²) < 4.78 is 0. The Kier molecular flexibility index (Phi) is 4.51. The SMILES string of the molecule is C=C1c2ccccc2CC2(c3cc(C)ccc31)c1ccccc1-c1ccc(-c3ccc(C)cc3)cc12. The van der Waals surface area contributed by atoms with E-state index in [1.807, 2.05) is 0 Å². The molecule has 0 saturated heterocycles. The molecule has 2 aliphatic carbocycles. The molecule has 5 aromatic rings. The Hall–Kier alpha value is -4.16. The summed E-state index contributed by atoms with van der Waals surface area (Å²) in [6, 6.07) is 40.8. The molecule has 0 saturated carbocycles. The minimum Gasteiger partial charge on any atom is -0.0905 e. The van der Waals surface area contributed by atoms with Crippen LogP contribution in [0.15, 0.2) is 116 Å². The summed E-state index contributed by atoms with van der Waals surface area (Å²) in [6.07, 6.45) is 0.917. The lowest BCUT2D eigenvalue weighted by Crippen LogP contribution is -2.30. The number of hydrogen-bond donors (Lipinski definition) is 0. The third kappa shape index (κ3) is 2.88. The van der Waals surface area contributed by atoms with E-state index in [0.717, 1.165) is 12.0 Å². The largest absolute Gasteiger partial charge is 0.0905 e. The summed E-state index contributed by atoms with van der Waals surface area (Å²) in [7, 11) is 0. The van der Waals surface area contributed by atoms with Gasteiger partial charge in [-0.25, -0.2) is 0 Å². The number of rotatable bonds is 1. The lowest BCUT2D eigenvalue weighted by Gasteiger charge is -2.34. The van der Waals surface area contributed by atoms with Crippen LogP contribution in [0.1, 0.15) is 44.5 Å². The number of fused-ring (bicyclic) bond motifs is 8.